The highest BCUT2D eigenvalue weighted by molar-refractivity contribution is 4.81. The Kier molecular flexibility index (Phi) is 4.62. The lowest BCUT2D eigenvalue weighted by Crippen LogP contribution is -2.21. The Morgan fingerprint density at radius 3 is 2.92 bits per heavy atom. The van der Waals surface area contributed by atoms with Crippen LogP contribution in [0.3, 0.4) is 0 Å². The number of hydrogen-bond acceptors (Lipinski definition) is 2. The largest absolute Gasteiger partial charge is 0.377 e. The van der Waals surface area contributed by atoms with Gasteiger partial charge in [-0.3, -0.25) is 0 Å². The van der Waals surface area contributed by atoms with E-state index in [-0.39, 0.29) is 0 Å². The van der Waals surface area contributed by atoms with Crippen LogP contribution in [-0.2, 0) is 4.74 Å². The molecule has 1 N–H and O–H groups in total. The lowest BCUT2D eigenvalue weighted by atomic mass is 10.1. The van der Waals surface area contributed by atoms with Gasteiger partial charge in [0.2, 0.25) is 0 Å². The minimum Gasteiger partial charge on any atom is -0.377 e. The van der Waals surface area contributed by atoms with Gasteiger partial charge in [-0.15, -0.1) is 0 Å². The van der Waals surface area contributed by atoms with E-state index in [1.807, 2.05) is 0 Å². The molecule has 0 amide bonds. The SMILES string of the molecule is CCCC[C@@H]1C[C@H](OCC)CN1. The van der Waals surface area contributed by atoms with Crippen LogP contribution in [0, 0.1) is 0 Å². The van der Waals surface area contributed by atoms with Gasteiger partial charge >= 0.3 is 0 Å². The molecule has 1 heterocycles. The second kappa shape index (κ2) is 5.55. The second-order valence-corrected chi connectivity index (χ2v) is 3.56. The fourth-order valence-electron chi connectivity index (χ4n) is 1.82. The molecule has 0 bridgehead atoms. The number of nitrogens with one attached hydrogen (secondary N) is 1. The van der Waals surface area contributed by atoms with Gasteiger partial charge in [0.25, 0.3) is 0 Å². The van der Waals surface area contributed by atoms with Gasteiger partial charge in [-0.25, -0.2) is 0 Å². The summed E-state index contributed by atoms with van der Waals surface area (Å²) in [6.45, 7) is 6.23. The quantitative estimate of drug-likeness (QED) is 0.682. The Labute approximate surface area is 75.7 Å². The molecule has 2 atom stereocenters. The van der Waals surface area contributed by atoms with Crippen molar-refractivity contribution in [1.29, 1.82) is 0 Å². The monoisotopic (exact) mass is 171 g/mol. The van der Waals surface area contributed by atoms with Crippen LogP contribution < -0.4 is 5.32 Å². The maximum Gasteiger partial charge on any atom is 0.0714 e. The van der Waals surface area contributed by atoms with Crippen LogP contribution in [0.15, 0.2) is 0 Å². The van der Waals surface area contributed by atoms with Crippen molar-refractivity contribution in [1.82, 2.24) is 5.32 Å². The van der Waals surface area contributed by atoms with E-state index in [9.17, 15) is 0 Å². The zero-order valence-electron chi connectivity index (χ0n) is 8.31. The number of ether oxygens (including phenoxy) is 1. The molecule has 0 spiro atoms. The summed E-state index contributed by atoms with van der Waals surface area (Å²) in [6.07, 6.45) is 5.67. The van der Waals surface area contributed by atoms with E-state index in [0.29, 0.717) is 6.10 Å². The highest BCUT2D eigenvalue weighted by atomic mass is 16.5. The molecule has 0 radical (unpaired) electrons. The van der Waals surface area contributed by atoms with Crippen molar-refractivity contribution in [2.24, 2.45) is 0 Å². The van der Waals surface area contributed by atoms with Crippen LogP contribution in [0.25, 0.3) is 0 Å². The first kappa shape index (κ1) is 10.0. The fraction of sp³-hybridized carbons (Fsp3) is 1.00. The molecule has 72 valence electrons. The molecular weight excluding hydrogens is 150 g/mol. The van der Waals surface area contributed by atoms with E-state index in [2.05, 4.69) is 19.2 Å². The van der Waals surface area contributed by atoms with Crippen molar-refractivity contribution in [2.45, 2.75) is 51.7 Å². The Morgan fingerprint density at radius 1 is 1.42 bits per heavy atom. The van der Waals surface area contributed by atoms with Crippen molar-refractivity contribution in [3.8, 4) is 0 Å². The predicted molar refractivity (Wildman–Crippen MR) is 51.3 cm³/mol. The van der Waals surface area contributed by atoms with Crippen LogP contribution in [-0.4, -0.2) is 25.3 Å². The first-order valence-corrected chi connectivity index (χ1v) is 5.21. The van der Waals surface area contributed by atoms with E-state index in [0.717, 1.165) is 19.2 Å². The van der Waals surface area contributed by atoms with Gasteiger partial charge in [-0.2, -0.15) is 0 Å². The van der Waals surface area contributed by atoms with Gasteiger partial charge in [-0.05, 0) is 19.8 Å². The number of unbranched alkanes of at least 4 members (excludes halogenated alkanes) is 1. The molecule has 0 aromatic rings. The predicted octanol–water partition coefficient (Wildman–Crippen LogP) is 1.94. The summed E-state index contributed by atoms with van der Waals surface area (Å²) < 4.78 is 5.55. The molecule has 1 aliphatic rings. The molecule has 1 aliphatic heterocycles. The van der Waals surface area contributed by atoms with Crippen LogP contribution in [0.4, 0.5) is 0 Å². The van der Waals surface area contributed by atoms with Gasteiger partial charge in [0, 0.05) is 19.2 Å². The van der Waals surface area contributed by atoms with Crippen molar-refractivity contribution >= 4 is 0 Å². The highest BCUT2D eigenvalue weighted by Gasteiger charge is 2.23. The third-order valence-corrected chi connectivity index (χ3v) is 2.49. The van der Waals surface area contributed by atoms with Crippen LogP contribution in [0.5, 0.6) is 0 Å². The zero-order valence-corrected chi connectivity index (χ0v) is 8.31. The van der Waals surface area contributed by atoms with Gasteiger partial charge < -0.3 is 10.1 Å². The van der Waals surface area contributed by atoms with Crippen LogP contribution in [0.2, 0.25) is 0 Å². The van der Waals surface area contributed by atoms with Crippen LogP contribution >= 0.6 is 0 Å². The molecule has 0 unspecified atom stereocenters. The van der Waals surface area contributed by atoms with E-state index in [4.69, 9.17) is 4.74 Å². The summed E-state index contributed by atoms with van der Waals surface area (Å²) >= 11 is 0. The Balaban J connectivity index is 2.08. The van der Waals surface area contributed by atoms with Crippen molar-refractivity contribution < 1.29 is 4.74 Å². The van der Waals surface area contributed by atoms with Gasteiger partial charge in [-0.1, -0.05) is 19.8 Å². The van der Waals surface area contributed by atoms with E-state index in [1.54, 1.807) is 0 Å². The summed E-state index contributed by atoms with van der Waals surface area (Å²) in [7, 11) is 0. The van der Waals surface area contributed by atoms with Crippen molar-refractivity contribution in [3.05, 3.63) is 0 Å². The van der Waals surface area contributed by atoms with Crippen molar-refractivity contribution in [2.75, 3.05) is 13.2 Å². The third kappa shape index (κ3) is 3.11. The lowest BCUT2D eigenvalue weighted by Gasteiger charge is -2.09. The summed E-state index contributed by atoms with van der Waals surface area (Å²) in [4.78, 5) is 0. The van der Waals surface area contributed by atoms with E-state index in [1.165, 1.54) is 25.7 Å². The standard InChI is InChI=1S/C10H21NO/c1-3-5-6-9-7-10(8-11-9)12-4-2/h9-11H,3-8H2,1-2H3/t9-,10+/m1/s1. The Morgan fingerprint density at radius 2 is 2.25 bits per heavy atom. The Bertz CT molecular complexity index is 116. The topological polar surface area (TPSA) is 21.3 Å². The summed E-state index contributed by atoms with van der Waals surface area (Å²) in [5, 5.41) is 3.50. The fourth-order valence-corrected chi connectivity index (χ4v) is 1.82. The van der Waals surface area contributed by atoms with Gasteiger partial charge in [0.15, 0.2) is 0 Å². The third-order valence-electron chi connectivity index (χ3n) is 2.49. The first-order valence-electron chi connectivity index (χ1n) is 5.21. The molecular formula is C10H21NO. The molecule has 1 saturated heterocycles. The minimum absolute atomic E-state index is 0.483. The minimum atomic E-state index is 0.483. The van der Waals surface area contributed by atoms with Gasteiger partial charge in [0.1, 0.15) is 0 Å². The molecule has 2 nitrogen and oxygen atoms in total. The first-order chi connectivity index (χ1) is 5.86. The van der Waals surface area contributed by atoms with Gasteiger partial charge in [0.05, 0.1) is 6.10 Å². The molecule has 1 fully saturated rings. The maximum absolute atomic E-state index is 5.55. The summed E-state index contributed by atoms with van der Waals surface area (Å²) in [5.74, 6) is 0. The van der Waals surface area contributed by atoms with Crippen molar-refractivity contribution in [3.63, 3.8) is 0 Å². The average molecular weight is 171 g/mol. The molecule has 0 aromatic heterocycles. The molecule has 1 rings (SSSR count). The highest BCUT2D eigenvalue weighted by Crippen LogP contribution is 2.15. The van der Waals surface area contributed by atoms with Crippen LogP contribution in [0.1, 0.15) is 39.5 Å². The molecule has 0 aromatic carbocycles. The maximum atomic E-state index is 5.55. The summed E-state index contributed by atoms with van der Waals surface area (Å²) in [6, 6.07) is 0.724. The summed E-state index contributed by atoms with van der Waals surface area (Å²) in [5.41, 5.74) is 0. The molecule has 2 heteroatoms. The smallest absolute Gasteiger partial charge is 0.0714 e. The number of hydrogen-bond donors (Lipinski definition) is 1. The lowest BCUT2D eigenvalue weighted by molar-refractivity contribution is 0.0755. The number of rotatable bonds is 5. The van der Waals surface area contributed by atoms with E-state index >= 15 is 0 Å². The molecule has 0 saturated carbocycles. The molecule has 12 heavy (non-hydrogen) atoms. The zero-order chi connectivity index (χ0) is 8.81. The van der Waals surface area contributed by atoms with E-state index < -0.39 is 0 Å². The second-order valence-electron chi connectivity index (χ2n) is 3.56. The Hall–Kier alpha value is -0.0800. The average Bonchev–Trinajstić information content (AvgIpc) is 2.50. The normalized spacial score (nSPS) is 29.5. The molecule has 0 aliphatic carbocycles.